The van der Waals surface area contributed by atoms with Crippen molar-refractivity contribution in [2.24, 2.45) is 0 Å². The minimum Gasteiger partial charge on any atom is -0.449 e. The van der Waals surface area contributed by atoms with E-state index in [1.165, 1.54) is 19.1 Å². The number of hydrogen-bond donors (Lipinski definition) is 1. The molecular formula is C21H16F2N2O3. The van der Waals surface area contributed by atoms with Crippen LogP contribution in [0.2, 0.25) is 0 Å². The van der Waals surface area contributed by atoms with E-state index >= 15 is 0 Å². The van der Waals surface area contributed by atoms with Gasteiger partial charge in [0.2, 0.25) is 0 Å². The lowest BCUT2D eigenvalue weighted by Gasteiger charge is -2.13. The zero-order valence-electron chi connectivity index (χ0n) is 14.9. The van der Waals surface area contributed by atoms with Crippen LogP contribution >= 0.6 is 0 Å². The summed E-state index contributed by atoms with van der Waals surface area (Å²) in [6, 6.07) is 11.9. The zero-order chi connectivity index (χ0) is 20.1. The summed E-state index contributed by atoms with van der Waals surface area (Å²) in [7, 11) is 0. The largest absolute Gasteiger partial charge is 0.449 e. The van der Waals surface area contributed by atoms with Gasteiger partial charge in [-0.1, -0.05) is 24.3 Å². The molecule has 1 unspecified atom stereocenters. The average molecular weight is 382 g/mol. The Morgan fingerprint density at radius 2 is 1.93 bits per heavy atom. The molecular weight excluding hydrogens is 366 g/mol. The van der Waals surface area contributed by atoms with Gasteiger partial charge in [-0.25, -0.2) is 13.6 Å². The number of esters is 1. The van der Waals surface area contributed by atoms with Gasteiger partial charge >= 0.3 is 5.97 Å². The van der Waals surface area contributed by atoms with Crippen LogP contribution in [0.5, 0.6) is 0 Å². The number of fused-ring (bicyclic) bond motifs is 1. The third-order valence-electron chi connectivity index (χ3n) is 3.91. The highest BCUT2D eigenvalue weighted by atomic mass is 19.1. The second kappa shape index (κ2) is 8.39. The van der Waals surface area contributed by atoms with Crippen molar-refractivity contribution in [1.29, 1.82) is 0 Å². The second-order valence-corrected chi connectivity index (χ2v) is 5.95. The highest BCUT2D eigenvalue weighted by Gasteiger charge is 2.18. The van der Waals surface area contributed by atoms with Gasteiger partial charge in [0.15, 0.2) is 6.10 Å². The van der Waals surface area contributed by atoms with Gasteiger partial charge in [0.1, 0.15) is 11.6 Å². The third-order valence-corrected chi connectivity index (χ3v) is 3.91. The minimum absolute atomic E-state index is 0.328. The normalized spacial score (nSPS) is 12.1. The molecule has 1 atom stereocenters. The number of anilines is 1. The summed E-state index contributed by atoms with van der Waals surface area (Å²) < 4.78 is 31.8. The van der Waals surface area contributed by atoms with E-state index < -0.39 is 29.6 Å². The Labute approximate surface area is 159 Å². The maximum absolute atomic E-state index is 13.6. The van der Waals surface area contributed by atoms with E-state index in [2.05, 4.69) is 10.3 Å². The first-order valence-electron chi connectivity index (χ1n) is 8.42. The predicted octanol–water partition coefficient (Wildman–Crippen LogP) is 4.10. The highest BCUT2D eigenvalue weighted by Crippen LogP contribution is 2.18. The molecule has 3 aromatic rings. The number of nitrogens with zero attached hydrogens (tertiary/aromatic N) is 1. The van der Waals surface area contributed by atoms with Crippen molar-refractivity contribution in [3.05, 3.63) is 78.0 Å². The van der Waals surface area contributed by atoms with Crippen molar-refractivity contribution >= 4 is 34.5 Å². The fraction of sp³-hybridized carbons (Fsp3) is 0.0952. The fourth-order valence-corrected chi connectivity index (χ4v) is 2.51. The first kappa shape index (κ1) is 19.2. The van der Waals surface area contributed by atoms with Gasteiger partial charge in [0.25, 0.3) is 5.91 Å². The van der Waals surface area contributed by atoms with Crippen LogP contribution in [-0.2, 0) is 14.3 Å². The van der Waals surface area contributed by atoms with Gasteiger partial charge in [0, 0.05) is 29.3 Å². The Balaban J connectivity index is 1.64. The van der Waals surface area contributed by atoms with E-state index in [4.69, 9.17) is 4.74 Å². The molecule has 2 aromatic carbocycles. The predicted molar refractivity (Wildman–Crippen MR) is 101 cm³/mol. The van der Waals surface area contributed by atoms with Crippen LogP contribution in [0.4, 0.5) is 14.5 Å². The van der Waals surface area contributed by atoms with Crippen molar-refractivity contribution in [3.8, 4) is 0 Å². The summed E-state index contributed by atoms with van der Waals surface area (Å²) in [4.78, 5) is 28.3. The fourth-order valence-electron chi connectivity index (χ4n) is 2.51. The van der Waals surface area contributed by atoms with Crippen LogP contribution < -0.4 is 5.32 Å². The van der Waals surface area contributed by atoms with Crippen LogP contribution in [0.25, 0.3) is 17.0 Å². The number of pyridine rings is 1. The standard InChI is InChI=1S/C21H16F2N2O3/c1-13(21(27)25-18-12-16(22)8-9-17(18)23)28-19(26)10-7-15-5-2-4-14-6-3-11-24-20(14)15/h2-13H,1H3,(H,25,27)/b10-7+. The maximum atomic E-state index is 13.6. The molecule has 0 saturated heterocycles. The second-order valence-electron chi connectivity index (χ2n) is 5.95. The topological polar surface area (TPSA) is 68.3 Å². The Morgan fingerprint density at radius 1 is 1.14 bits per heavy atom. The van der Waals surface area contributed by atoms with Gasteiger partial charge in [-0.15, -0.1) is 0 Å². The molecule has 0 fully saturated rings. The molecule has 28 heavy (non-hydrogen) atoms. The molecule has 1 N–H and O–H groups in total. The van der Waals surface area contributed by atoms with Gasteiger partial charge in [-0.3, -0.25) is 9.78 Å². The lowest BCUT2D eigenvalue weighted by Crippen LogP contribution is -2.29. The lowest BCUT2D eigenvalue weighted by atomic mass is 10.1. The molecule has 0 aliphatic heterocycles. The average Bonchev–Trinajstić information content (AvgIpc) is 2.69. The highest BCUT2D eigenvalue weighted by molar-refractivity contribution is 5.97. The van der Waals surface area contributed by atoms with Crippen molar-refractivity contribution < 1.29 is 23.1 Å². The van der Waals surface area contributed by atoms with Crippen LogP contribution in [-0.4, -0.2) is 23.0 Å². The molecule has 0 spiro atoms. The van der Waals surface area contributed by atoms with Crippen LogP contribution in [0, 0.1) is 11.6 Å². The summed E-state index contributed by atoms with van der Waals surface area (Å²) in [5.74, 6) is -3.03. The molecule has 0 saturated carbocycles. The number of hydrogen-bond acceptors (Lipinski definition) is 4. The van der Waals surface area contributed by atoms with Gasteiger partial charge in [0.05, 0.1) is 11.2 Å². The Bertz CT molecular complexity index is 1060. The van der Waals surface area contributed by atoms with E-state index in [0.717, 1.165) is 29.1 Å². The number of benzene rings is 2. The molecule has 142 valence electrons. The first-order chi connectivity index (χ1) is 13.4. The summed E-state index contributed by atoms with van der Waals surface area (Å²) in [5, 5.41) is 3.11. The van der Waals surface area contributed by atoms with Gasteiger partial charge in [-0.05, 0) is 31.2 Å². The summed E-state index contributed by atoms with van der Waals surface area (Å²) in [6.45, 7) is 1.33. The Hall–Kier alpha value is -3.61. The number of para-hydroxylation sites is 1. The molecule has 1 amide bonds. The summed E-state index contributed by atoms with van der Waals surface area (Å²) in [6.07, 6.45) is 3.16. The summed E-state index contributed by atoms with van der Waals surface area (Å²) in [5.41, 5.74) is 1.11. The number of halogens is 2. The van der Waals surface area contributed by atoms with E-state index in [-0.39, 0.29) is 5.69 Å². The first-order valence-corrected chi connectivity index (χ1v) is 8.42. The van der Waals surface area contributed by atoms with E-state index in [1.807, 2.05) is 24.3 Å². The van der Waals surface area contributed by atoms with E-state index in [0.29, 0.717) is 5.56 Å². The van der Waals surface area contributed by atoms with E-state index in [9.17, 15) is 18.4 Å². The van der Waals surface area contributed by atoms with Gasteiger partial charge in [-0.2, -0.15) is 0 Å². The van der Waals surface area contributed by atoms with Crippen LogP contribution in [0.15, 0.2) is 60.8 Å². The molecule has 1 aromatic heterocycles. The Kier molecular flexibility index (Phi) is 5.74. The summed E-state index contributed by atoms with van der Waals surface area (Å²) >= 11 is 0. The number of aromatic nitrogens is 1. The van der Waals surface area contributed by atoms with Crippen molar-refractivity contribution in [2.75, 3.05) is 5.32 Å². The number of carbonyl (C=O) groups excluding carboxylic acids is 2. The molecule has 3 rings (SSSR count). The van der Waals surface area contributed by atoms with Gasteiger partial charge < -0.3 is 10.1 Å². The van der Waals surface area contributed by atoms with Crippen molar-refractivity contribution in [1.82, 2.24) is 4.98 Å². The molecule has 5 nitrogen and oxygen atoms in total. The zero-order valence-corrected chi connectivity index (χ0v) is 14.9. The van der Waals surface area contributed by atoms with Crippen molar-refractivity contribution in [3.63, 3.8) is 0 Å². The SMILES string of the molecule is CC(OC(=O)/C=C/c1cccc2cccnc12)C(=O)Nc1cc(F)ccc1F. The quantitative estimate of drug-likeness (QED) is 0.533. The molecule has 0 radical (unpaired) electrons. The molecule has 0 bridgehead atoms. The number of amides is 1. The third kappa shape index (κ3) is 4.56. The lowest BCUT2D eigenvalue weighted by molar-refractivity contribution is -0.148. The number of rotatable bonds is 5. The Morgan fingerprint density at radius 3 is 2.75 bits per heavy atom. The number of carbonyl (C=O) groups is 2. The molecule has 7 heteroatoms. The van der Waals surface area contributed by atoms with Crippen molar-refractivity contribution in [2.45, 2.75) is 13.0 Å². The maximum Gasteiger partial charge on any atom is 0.331 e. The minimum atomic E-state index is -1.20. The molecule has 0 aliphatic rings. The van der Waals surface area contributed by atoms with Crippen LogP contribution in [0.1, 0.15) is 12.5 Å². The number of ether oxygens (including phenoxy) is 1. The molecule has 0 aliphatic carbocycles. The number of nitrogens with one attached hydrogen (secondary N) is 1. The monoisotopic (exact) mass is 382 g/mol. The smallest absolute Gasteiger partial charge is 0.331 e. The van der Waals surface area contributed by atoms with E-state index in [1.54, 1.807) is 12.3 Å². The molecule has 1 heterocycles. The van der Waals surface area contributed by atoms with Crippen LogP contribution in [0.3, 0.4) is 0 Å².